The molecule has 0 saturated carbocycles. The predicted octanol–water partition coefficient (Wildman–Crippen LogP) is 17.0. The first-order chi connectivity index (χ1) is 50.9. The van der Waals surface area contributed by atoms with Gasteiger partial charge in [0, 0.05) is 58.1 Å². The van der Waals surface area contributed by atoms with Crippen LogP contribution in [0.1, 0.15) is 121 Å². The number of hydrogen-bond donors (Lipinski definition) is 4. The highest BCUT2D eigenvalue weighted by Gasteiger charge is 2.36. The number of rotatable bonds is 30. The van der Waals surface area contributed by atoms with Crippen molar-refractivity contribution in [2.45, 2.75) is 98.2 Å². The standard InChI is InChI=1S/2C38H39Cl2F3N6O3S/c2*39-31-17-13-29(14-18-31)36-34(27-8-4-3-5-9-27)26-49(46-36)37(48-53(50,51)33-21-19-32(40)20-22-33)45-24-7-2-1-6-10-35(47-52-25-23-44)28-11-15-30(16-12-28)38(41,42)43/h2*3-5,8-9,11-22,34H,1-2,6-7,10,23-26,44H2,(H,45,48)/b2*47-35-/t34-;/m1./s1. The van der Waals surface area contributed by atoms with E-state index < -0.39 is 43.5 Å². The number of aliphatic imine (C=N–C) groups is 2. The molecule has 0 bridgehead atoms. The van der Waals surface area contributed by atoms with E-state index in [9.17, 15) is 43.2 Å². The molecule has 8 aromatic carbocycles. The molecule has 2 atom stereocenters. The molecule has 1 unspecified atom stereocenters. The second-order valence-corrected chi connectivity index (χ2v) is 29.5. The van der Waals surface area contributed by atoms with Crippen LogP contribution < -0.4 is 20.9 Å². The fourth-order valence-electron chi connectivity index (χ4n) is 11.3. The van der Waals surface area contributed by atoms with Gasteiger partial charge in [0.25, 0.3) is 20.0 Å². The first kappa shape index (κ1) is 81.2. The van der Waals surface area contributed by atoms with Gasteiger partial charge in [-0.15, -0.1) is 0 Å². The van der Waals surface area contributed by atoms with Gasteiger partial charge in [0.15, 0.2) is 0 Å². The van der Waals surface area contributed by atoms with E-state index in [0.717, 1.165) is 83.6 Å². The molecule has 106 heavy (non-hydrogen) atoms. The van der Waals surface area contributed by atoms with E-state index in [4.69, 9.17) is 87.7 Å². The molecule has 0 aromatic heterocycles. The van der Waals surface area contributed by atoms with Crippen LogP contribution in [0.2, 0.25) is 20.1 Å². The fraction of sp³-hybridized carbons (Fsp3) is 0.289. The minimum atomic E-state index is -4.44. The minimum Gasteiger partial charge on any atom is -0.394 e. The van der Waals surface area contributed by atoms with Gasteiger partial charge in [-0.3, -0.25) is 9.98 Å². The van der Waals surface area contributed by atoms with Crippen LogP contribution >= 0.6 is 46.4 Å². The van der Waals surface area contributed by atoms with E-state index in [-0.39, 0.29) is 59.8 Å². The van der Waals surface area contributed by atoms with Crippen molar-refractivity contribution in [2.24, 2.45) is 42.0 Å². The summed E-state index contributed by atoms with van der Waals surface area (Å²) in [6.45, 7) is 2.14. The molecule has 0 spiro atoms. The molecule has 8 aromatic rings. The monoisotopic (exact) mass is 1570 g/mol. The van der Waals surface area contributed by atoms with Gasteiger partial charge in [-0.2, -0.15) is 36.5 Å². The van der Waals surface area contributed by atoms with Gasteiger partial charge in [-0.25, -0.2) is 36.3 Å². The second-order valence-electron chi connectivity index (χ2n) is 24.4. The first-order valence-electron chi connectivity index (χ1n) is 34.0. The highest BCUT2D eigenvalue weighted by Crippen LogP contribution is 2.34. The van der Waals surface area contributed by atoms with E-state index in [0.29, 0.717) is 107 Å². The Hall–Kier alpha value is -8.86. The molecule has 0 fully saturated rings. The smallest absolute Gasteiger partial charge is 0.394 e. The van der Waals surface area contributed by atoms with Crippen molar-refractivity contribution in [1.29, 1.82) is 0 Å². The minimum absolute atomic E-state index is 0.0243. The molecule has 0 amide bonds. The Morgan fingerprint density at radius 3 is 1.08 bits per heavy atom. The summed E-state index contributed by atoms with van der Waals surface area (Å²) in [4.78, 5) is 20.0. The topological polar surface area (TPSA) is 243 Å². The van der Waals surface area contributed by atoms with Gasteiger partial charge in [0.05, 0.1) is 56.9 Å². The van der Waals surface area contributed by atoms with Crippen molar-refractivity contribution < 1.29 is 52.9 Å². The number of guanidine groups is 2. The maximum Gasteiger partial charge on any atom is 0.416 e. The lowest BCUT2D eigenvalue weighted by molar-refractivity contribution is -0.138. The molecule has 18 nitrogen and oxygen atoms in total. The lowest BCUT2D eigenvalue weighted by atomic mass is 9.91. The average molecular weight is 1580 g/mol. The molecule has 2 heterocycles. The van der Waals surface area contributed by atoms with Gasteiger partial charge in [-0.1, -0.05) is 192 Å². The first-order valence-corrected chi connectivity index (χ1v) is 38.5. The summed E-state index contributed by atoms with van der Waals surface area (Å²) in [7, 11) is -8.11. The summed E-state index contributed by atoms with van der Waals surface area (Å²) in [5, 5.41) is 23.2. The largest absolute Gasteiger partial charge is 0.416 e. The maximum absolute atomic E-state index is 13.6. The van der Waals surface area contributed by atoms with Crippen molar-refractivity contribution in [2.75, 3.05) is 52.5 Å². The summed E-state index contributed by atoms with van der Waals surface area (Å²) in [5.74, 6) is -0.203. The second kappa shape index (κ2) is 39.1. The number of hydrogen-bond acceptors (Lipinski definition) is 14. The molecule has 0 radical (unpaired) electrons. The molecular formula is C76H78Cl4F6N12O6S2. The Morgan fingerprint density at radius 2 is 0.764 bits per heavy atom. The molecule has 560 valence electrons. The van der Waals surface area contributed by atoms with Crippen LogP contribution in [-0.4, -0.2) is 114 Å². The van der Waals surface area contributed by atoms with Crippen LogP contribution in [0.15, 0.2) is 247 Å². The van der Waals surface area contributed by atoms with Crippen LogP contribution in [0.3, 0.4) is 0 Å². The summed E-state index contributed by atoms with van der Waals surface area (Å²) < 4.78 is 138. The van der Waals surface area contributed by atoms with E-state index in [1.54, 1.807) is 34.3 Å². The zero-order valence-electron chi connectivity index (χ0n) is 57.3. The number of nitrogens with one attached hydrogen (secondary N) is 2. The molecule has 2 aliphatic rings. The highest BCUT2D eigenvalue weighted by molar-refractivity contribution is 7.90. The summed E-state index contributed by atoms with van der Waals surface area (Å²) in [6.07, 6.45) is -2.28. The fourth-order valence-corrected chi connectivity index (χ4v) is 13.8. The van der Waals surface area contributed by atoms with E-state index in [1.807, 2.05) is 84.9 Å². The normalized spacial score (nSPS) is 15.4. The SMILES string of the molecule is NCCO/N=C(/CCCCCCN=C(NS(=O)(=O)c1ccc(Cl)cc1)N1CC(c2ccccc2)C(c2ccc(Cl)cc2)=N1)c1ccc(C(F)(F)F)cc1.NCCO/N=C(/CCCCCCN=C(NS(=O)(=O)c1ccc(Cl)cc1)N1C[C@H](c2ccccc2)C(c2ccc(Cl)cc2)=N1)c1ccc(C(F)(F)F)cc1. The summed E-state index contributed by atoms with van der Waals surface area (Å²) >= 11 is 24.4. The Bertz CT molecular complexity index is 4280. The maximum atomic E-state index is 13.6. The van der Waals surface area contributed by atoms with Crippen LogP contribution in [0.4, 0.5) is 26.3 Å². The van der Waals surface area contributed by atoms with Crippen LogP contribution in [0.5, 0.6) is 0 Å². The molecule has 6 N–H and O–H groups in total. The average Bonchev–Trinajstić information content (AvgIpc) is 1.60. The zero-order chi connectivity index (χ0) is 75.7. The third-order valence-electron chi connectivity index (χ3n) is 16.7. The van der Waals surface area contributed by atoms with E-state index in [2.05, 4.69) is 19.8 Å². The van der Waals surface area contributed by atoms with Crippen molar-refractivity contribution in [3.8, 4) is 0 Å². The number of unbranched alkanes of at least 4 members (excludes halogenated alkanes) is 6. The molecule has 2 aliphatic heterocycles. The van der Waals surface area contributed by atoms with Gasteiger partial charge < -0.3 is 21.1 Å². The Balaban J connectivity index is 0.000000245. The van der Waals surface area contributed by atoms with Crippen LogP contribution in [0.25, 0.3) is 0 Å². The number of benzene rings is 8. The number of nitrogens with zero attached hydrogens (tertiary/aromatic N) is 8. The lowest BCUT2D eigenvalue weighted by Crippen LogP contribution is -2.41. The summed E-state index contributed by atoms with van der Waals surface area (Å²) in [5.41, 5.74) is 16.9. The molecule has 0 saturated heterocycles. The van der Waals surface area contributed by atoms with E-state index >= 15 is 0 Å². The third-order valence-corrected chi connectivity index (χ3v) is 20.4. The van der Waals surface area contributed by atoms with Crippen molar-refractivity contribution in [3.05, 3.63) is 271 Å². The lowest BCUT2D eigenvalue weighted by Gasteiger charge is -2.20. The van der Waals surface area contributed by atoms with Gasteiger partial charge in [-0.05, 0) is 169 Å². The highest BCUT2D eigenvalue weighted by atomic mass is 35.5. The predicted molar refractivity (Wildman–Crippen MR) is 408 cm³/mol. The van der Waals surface area contributed by atoms with Crippen molar-refractivity contribution >= 4 is 101 Å². The number of alkyl halides is 6. The Kier molecular flexibility index (Phi) is 30.0. The van der Waals surface area contributed by atoms with Crippen molar-refractivity contribution in [3.63, 3.8) is 0 Å². The van der Waals surface area contributed by atoms with Gasteiger partial charge >= 0.3 is 12.4 Å². The van der Waals surface area contributed by atoms with Crippen LogP contribution in [-0.2, 0) is 42.1 Å². The Labute approximate surface area is 633 Å². The number of sulfonamides is 2. The van der Waals surface area contributed by atoms with Crippen molar-refractivity contribution in [1.82, 2.24) is 19.5 Å². The quantitative estimate of drug-likeness (QED) is 0.0109. The molecule has 30 heteroatoms. The van der Waals surface area contributed by atoms with Gasteiger partial charge in [0.2, 0.25) is 11.9 Å². The molecular weight excluding hydrogens is 1500 g/mol. The third kappa shape index (κ3) is 24.1. The number of oxime groups is 2. The zero-order valence-corrected chi connectivity index (χ0v) is 61.9. The summed E-state index contributed by atoms with van der Waals surface area (Å²) in [6, 6.07) is 55.7. The number of halogens is 10. The van der Waals surface area contributed by atoms with Gasteiger partial charge in [0.1, 0.15) is 13.2 Å². The molecule has 10 rings (SSSR count). The number of nitrogens with two attached hydrogens (primary N) is 2. The Morgan fingerprint density at radius 1 is 0.443 bits per heavy atom. The molecule has 0 aliphatic carbocycles. The van der Waals surface area contributed by atoms with Crippen LogP contribution in [0, 0.1) is 0 Å². The number of hydrazone groups is 2. The van der Waals surface area contributed by atoms with E-state index in [1.165, 1.54) is 72.8 Å².